The van der Waals surface area contributed by atoms with Crippen molar-refractivity contribution in [3.05, 3.63) is 0 Å². The van der Waals surface area contributed by atoms with Crippen molar-refractivity contribution in [2.75, 3.05) is 13.2 Å². The number of hydrogen-bond acceptors (Lipinski definition) is 2. The molecule has 1 unspecified atom stereocenters. The molecule has 98 valence electrons. The van der Waals surface area contributed by atoms with Crippen molar-refractivity contribution < 1.29 is 4.74 Å². The minimum Gasteiger partial charge on any atom is -0.374 e. The summed E-state index contributed by atoms with van der Waals surface area (Å²) in [5, 5.41) is 3.62. The van der Waals surface area contributed by atoms with Gasteiger partial charge >= 0.3 is 0 Å². The molecule has 1 fully saturated rings. The van der Waals surface area contributed by atoms with Crippen molar-refractivity contribution in [3.8, 4) is 11.8 Å². The number of likely N-dealkylation sites (N-methyl/N-ethyl adjacent to an activating group) is 1. The smallest absolute Gasteiger partial charge is 0.0834 e. The zero-order valence-corrected chi connectivity index (χ0v) is 11.6. The Morgan fingerprint density at radius 2 is 2.00 bits per heavy atom. The summed E-state index contributed by atoms with van der Waals surface area (Å²) in [6, 6.07) is 0.468. The lowest BCUT2D eigenvalue weighted by Crippen LogP contribution is -2.51. The molecule has 0 aromatic rings. The molecule has 17 heavy (non-hydrogen) atoms. The normalized spacial score (nSPS) is 19.7. The van der Waals surface area contributed by atoms with Crippen LogP contribution in [0.4, 0.5) is 0 Å². The van der Waals surface area contributed by atoms with Crippen LogP contribution in [-0.4, -0.2) is 24.8 Å². The number of nitrogens with one attached hydrogen (secondary N) is 1. The molecule has 1 atom stereocenters. The molecule has 0 amide bonds. The molecule has 0 radical (unpaired) electrons. The van der Waals surface area contributed by atoms with E-state index in [1.807, 2.05) is 6.92 Å². The SMILES string of the molecule is CC#CCCC(NCC)C1(OCC)CCCC1. The highest BCUT2D eigenvalue weighted by atomic mass is 16.5. The first kappa shape index (κ1) is 14.5. The third kappa shape index (κ3) is 4.01. The van der Waals surface area contributed by atoms with E-state index in [4.69, 9.17) is 4.74 Å². The summed E-state index contributed by atoms with van der Waals surface area (Å²) in [5.74, 6) is 6.16. The van der Waals surface area contributed by atoms with E-state index in [0.29, 0.717) is 6.04 Å². The van der Waals surface area contributed by atoms with Gasteiger partial charge in [-0.3, -0.25) is 0 Å². The van der Waals surface area contributed by atoms with Gasteiger partial charge in [-0.05, 0) is 39.7 Å². The molecule has 0 spiro atoms. The fourth-order valence-electron chi connectivity index (χ4n) is 2.99. The Hall–Kier alpha value is -0.520. The minimum absolute atomic E-state index is 0.0835. The van der Waals surface area contributed by atoms with Crippen LogP contribution in [0.25, 0.3) is 0 Å². The molecule has 0 bridgehead atoms. The van der Waals surface area contributed by atoms with Gasteiger partial charge in [-0.2, -0.15) is 0 Å². The van der Waals surface area contributed by atoms with E-state index in [0.717, 1.165) is 26.0 Å². The minimum atomic E-state index is 0.0835. The molecule has 0 saturated heterocycles. The summed E-state index contributed by atoms with van der Waals surface area (Å²) in [7, 11) is 0. The van der Waals surface area contributed by atoms with Gasteiger partial charge in [0.05, 0.1) is 5.60 Å². The maximum absolute atomic E-state index is 6.13. The van der Waals surface area contributed by atoms with E-state index in [1.165, 1.54) is 25.7 Å². The molecule has 0 aliphatic heterocycles. The molecule has 0 aromatic heterocycles. The Balaban J connectivity index is 2.65. The van der Waals surface area contributed by atoms with Crippen molar-refractivity contribution in [2.24, 2.45) is 0 Å². The Labute approximate surface area is 107 Å². The average molecular weight is 237 g/mol. The highest BCUT2D eigenvalue weighted by Gasteiger charge is 2.41. The van der Waals surface area contributed by atoms with Crippen LogP contribution in [0.1, 0.15) is 59.3 Å². The van der Waals surface area contributed by atoms with Crippen molar-refractivity contribution in [2.45, 2.75) is 70.9 Å². The van der Waals surface area contributed by atoms with Gasteiger partial charge in [0.15, 0.2) is 0 Å². The Bertz CT molecular complexity index is 258. The first-order valence-electron chi connectivity index (χ1n) is 7.06. The lowest BCUT2D eigenvalue weighted by molar-refractivity contribution is -0.0625. The molecule has 2 nitrogen and oxygen atoms in total. The second-order valence-corrected chi connectivity index (χ2v) is 4.78. The van der Waals surface area contributed by atoms with E-state index in [9.17, 15) is 0 Å². The average Bonchev–Trinajstić information content (AvgIpc) is 2.78. The zero-order chi connectivity index (χ0) is 12.6. The van der Waals surface area contributed by atoms with Gasteiger partial charge in [0.2, 0.25) is 0 Å². The van der Waals surface area contributed by atoms with Crippen LogP contribution in [0.5, 0.6) is 0 Å². The monoisotopic (exact) mass is 237 g/mol. The summed E-state index contributed by atoms with van der Waals surface area (Å²) in [5.41, 5.74) is 0.0835. The maximum Gasteiger partial charge on any atom is 0.0834 e. The van der Waals surface area contributed by atoms with Crippen molar-refractivity contribution >= 4 is 0 Å². The van der Waals surface area contributed by atoms with Gasteiger partial charge < -0.3 is 10.1 Å². The molecule has 1 N–H and O–H groups in total. The Morgan fingerprint density at radius 3 is 2.53 bits per heavy atom. The number of hydrogen-bond donors (Lipinski definition) is 1. The van der Waals surface area contributed by atoms with E-state index in [1.54, 1.807) is 0 Å². The van der Waals surface area contributed by atoms with E-state index >= 15 is 0 Å². The largest absolute Gasteiger partial charge is 0.374 e. The number of ether oxygens (including phenoxy) is 1. The fraction of sp³-hybridized carbons (Fsp3) is 0.867. The first-order valence-corrected chi connectivity index (χ1v) is 7.06. The van der Waals surface area contributed by atoms with Gasteiger partial charge in [0.25, 0.3) is 0 Å². The second kappa shape index (κ2) is 7.74. The van der Waals surface area contributed by atoms with Crippen molar-refractivity contribution in [3.63, 3.8) is 0 Å². The van der Waals surface area contributed by atoms with Crippen LogP contribution in [0, 0.1) is 11.8 Å². The second-order valence-electron chi connectivity index (χ2n) is 4.78. The molecular formula is C15H27NO. The van der Waals surface area contributed by atoms with Crippen LogP contribution in [0.3, 0.4) is 0 Å². The maximum atomic E-state index is 6.13. The molecule has 0 aromatic carbocycles. The summed E-state index contributed by atoms with van der Waals surface area (Å²) >= 11 is 0. The summed E-state index contributed by atoms with van der Waals surface area (Å²) in [4.78, 5) is 0. The lowest BCUT2D eigenvalue weighted by atomic mass is 9.88. The predicted octanol–water partition coefficient (Wildman–Crippen LogP) is 3.12. The van der Waals surface area contributed by atoms with Crippen molar-refractivity contribution in [1.29, 1.82) is 0 Å². The lowest BCUT2D eigenvalue weighted by Gasteiger charge is -2.37. The first-order chi connectivity index (χ1) is 8.29. The molecule has 0 heterocycles. The summed E-state index contributed by atoms with van der Waals surface area (Å²) in [6.45, 7) is 8.03. The third-order valence-electron chi connectivity index (χ3n) is 3.70. The summed E-state index contributed by atoms with van der Waals surface area (Å²) < 4.78 is 6.13. The number of rotatable bonds is 7. The highest BCUT2D eigenvalue weighted by Crippen LogP contribution is 2.37. The Kier molecular flexibility index (Phi) is 6.62. The van der Waals surface area contributed by atoms with Gasteiger partial charge in [0.1, 0.15) is 0 Å². The molecule has 1 saturated carbocycles. The molecule has 1 aliphatic rings. The molecular weight excluding hydrogens is 210 g/mol. The quantitative estimate of drug-likeness (QED) is 0.687. The third-order valence-corrected chi connectivity index (χ3v) is 3.70. The van der Waals surface area contributed by atoms with Gasteiger partial charge in [-0.1, -0.05) is 19.8 Å². The van der Waals surface area contributed by atoms with Gasteiger partial charge in [-0.15, -0.1) is 11.8 Å². The highest BCUT2D eigenvalue weighted by molar-refractivity contribution is 5.01. The molecule has 2 heteroatoms. The fourth-order valence-corrected chi connectivity index (χ4v) is 2.99. The van der Waals surface area contributed by atoms with Crippen LogP contribution < -0.4 is 5.32 Å². The van der Waals surface area contributed by atoms with E-state index in [2.05, 4.69) is 31.0 Å². The molecule has 1 aliphatic carbocycles. The van der Waals surface area contributed by atoms with Crippen LogP contribution in [0.15, 0.2) is 0 Å². The van der Waals surface area contributed by atoms with E-state index in [-0.39, 0.29) is 5.60 Å². The van der Waals surface area contributed by atoms with Crippen molar-refractivity contribution in [1.82, 2.24) is 5.32 Å². The molecule has 1 rings (SSSR count). The van der Waals surface area contributed by atoms with Gasteiger partial charge in [0, 0.05) is 19.1 Å². The standard InChI is InChI=1S/C15H27NO/c1-4-7-8-11-14(16-5-2)15(17-6-3)12-9-10-13-15/h14,16H,5-6,8-13H2,1-3H3. The zero-order valence-electron chi connectivity index (χ0n) is 11.6. The van der Waals surface area contributed by atoms with E-state index < -0.39 is 0 Å². The van der Waals surface area contributed by atoms with Crippen LogP contribution in [0.2, 0.25) is 0 Å². The Morgan fingerprint density at radius 1 is 1.29 bits per heavy atom. The van der Waals surface area contributed by atoms with Crippen LogP contribution >= 0.6 is 0 Å². The van der Waals surface area contributed by atoms with Crippen LogP contribution in [-0.2, 0) is 4.74 Å². The van der Waals surface area contributed by atoms with Gasteiger partial charge in [-0.25, -0.2) is 0 Å². The summed E-state index contributed by atoms with van der Waals surface area (Å²) in [6.07, 6.45) is 7.11. The topological polar surface area (TPSA) is 21.3 Å². The predicted molar refractivity (Wildman–Crippen MR) is 73.0 cm³/mol.